The fourth-order valence-electron chi connectivity index (χ4n) is 1.30. The lowest BCUT2D eigenvalue weighted by Crippen LogP contribution is -2.04. The van der Waals surface area contributed by atoms with E-state index >= 15 is 0 Å². The van der Waals surface area contributed by atoms with Gasteiger partial charge in [-0.1, -0.05) is 28.1 Å². The summed E-state index contributed by atoms with van der Waals surface area (Å²) >= 11 is 3.43. The van der Waals surface area contributed by atoms with Crippen molar-refractivity contribution in [1.29, 1.82) is 0 Å². The van der Waals surface area contributed by atoms with Gasteiger partial charge in [0.2, 0.25) is 0 Å². The molecule has 0 amide bonds. The van der Waals surface area contributed by atoms with E-state index in [2.05, 4.69) is 28.1 Å². The molecule has 0 saturated heterocycles. The minimum Gasteiger partial charge on any atom is -0.491 e. The second-order valence-corrected chi connectivity index (χ2v) is 4.07. The molecular weight excluding hydrogens is 256 g/mol. The van der Waals surface area contributed by atoms with Crippen LogP contribution in [0.5, 0.6) is 5.75 Å². The molecule has 15 heavy (non-hydrogen) atoms. The fraction of sp³-hybridized carbons (Fsp3) is 0.500. The second kappa shape index (κ2) is 7.71. The van der Waals surface area contributed by atoms with Crippen LogP contribution in [0, 0.1) is 0 Å². The van der Waals surface area contributed by atoms with Crippen LogP contribution in [0.1, 0.15) is 12.0 Å². The van der Waals surface area contributed by atoms with Gasteiger partial charge in [0, 0.05) is 12.4 Å². The molecule has 0 heterocycles. The van der Waals surface area contributed by atoms with Gasteiger partial charge in [0.25, 0.3) is 0 Å². The topological polar surface area (TPSA) is 18.5 Å². The summed E-state index contributed by atoms with van der Waals surface area (Å²) in [5.74, 6) is 0.930. The van der Waals surface area contributed by atoms with E-state index in [0.717, 1.165) is 23.9 Å². The van der Waals surface area contributed by atoms with Crippen molar-refractivity contribution < 1.29 is 9.47 Å². The van der Waals surface area contributed by atoms with Crippen LogP contribution >= 0.6 is 15.9 Å². The summed E-state index contributed by atoms with van der Waals surface area (Å²) in [7, 11) is 1.68. The van der Waals surface area contributed by atoms with Gasteiger partial charge in [-0.05, 0) is 30.5 Å². The number of hydrogen-bond acceptors (Lipinski definition) is 2. The standard InChI is InChI=1S/C12H17BrO2/c1-14-8-9-15-12-6-2-4-11(10-12)5-3-7-13/h2,4,6,10H,3,5,7-9H2,1H3. The molecule has 0 radical (unpaired) electrons. The molecule has 0 aromatic heterocycles. The maximum Gasteiger partial charge on any atom is 0.119 e. The van der Waals surface area contributed by atoms with Crippen molar-refractivity contribution in [1.82, 2.24) is 0 Å². The molecule has 0 N–H and O–H groups in total. The molecule has 0 spiro atoms. The van der Waals surface area contributed by atoms with Gasteiger partial charge in [-0.2, -0.15) is 0 Å². The lowest BCUT2D eigenvalue weighted by Gasteiger charge is -2.07. The Balaban J connectivity index is 2.42. The number of aryl methyl sites for hydroxylation is 1. The van der Waals surface area contributed by atoms with Gasteiger partial charge in [0.15, 0.2) is 0 Å². The van der Waals surface area contributed by atoms with E-state index in [1.807, 2.05) is 12.1 Å². The van der Waals surface area contributed by atoms with Crippen molar-refractivity contribution in [2.45, 2.75) is 12.8 Å². The molecule has 0 aliphatic heterocycles. The molecule has 2 nitrogen and oxygen atoms in total. The summed E-state index contributed by atoms with van der Waals surface area (Å²) in [6.07, 6.45) is 2.24. The Bertz CT molecular complexity index is 276. The first kappa shape index (κ1) is 12.5. The molecule has 0 aliphatic carbocycles. The largest absolute Gasteiger partial charge is 0.491 e. The molecule has 0 fully saturated rings. The quantitative estimate of drug-likeness (QED) is 0.561. The SMILES string of the molecule is COCCOc1cccc(CCCBr)c1. The smallest absolute Gasteiger partial charge is 0.119 e. The molecule has 0 atom stereocenters. The number of hydrogen-bond donors (Lipinski definition) is 0. The van der Waals surface area contributed by atoms with Gasteiger partial charge in [0.1, 0.15) is 12.4 Å². The van der Waals surface area contributed by atoms with Crippen LogP contribution in [-0.4, -0.2) is 25.7 Å². The van der Waals surface area contributed by atoms with E-state index in [-0.39, 0.29) is 0 Å². The zero-order chi connectivity index (χ0) is 10.9. The monoisotopic (exact) mass is 272 g/mol. The first-order chi connectivity index (χ1) is 7.36. The number of alkyl halides is 1. The third kappa shape index (κ3) is 5.19. The highest BCUT2D eigenvalue weighted by molar-refractivity contribution is 9.09. The Morgan fingerprint density at radius 1 is 1.27 bits per heavy atom. The number of halogens is 1. The predicted molar refractivity (Wildman–Crippen MR) is 65.9 cm³/mol. The van der Waals surface area contributed by atoms with Crippen LogP contribution in [0.15, 0.2) is 24.3 Å². The van der Waals surface area contributed by atoms with Crippen LogP contribution < -0.4 is 4.74 Å². The lowest BCUT2D eigenvalue weighted by molar-refractivity contribution is 0.146. The third-order valence-corrected chi connectivity index (χ3v) is 2.61. The number of ether oxygens (including phenoxy) is 2. The first-order valence-electron chi connectivity index (χ1n) is 5.13. The van der Waals surface area contributed by atoms with Gasteiger partial charge < -0.3 is 9.47 Å². The van der Waals surface area contributed by atoms with Crippen LogP contribution in [0.25, 0.3) is 0 Å². The summed E-state index contributed by atoms with van der Waals surface area (Å²) in [5.41, 5.74) is 1.32. The Hall–Kier alpha value is -0.540. The molecule has 0 bridgehead atoms. The zero-order valence-corrected chi connectivity index (χ0v) is 10.6. The number of benzene rings is 1. The summed E-state index contributed by atoms with van der Waals surface area (Å²) in [6, 6.07) is 8.24. The van der Waals surface area contributed by atoms with Crippen LogP contribution in [0.3, 0.4) is 0 Å². The molecule has 1 aromatic rings. The number of methoxy groups -OCH3 is 1. The predicted octanol–water partition coefficient (Wildman–Crippen LogP) is 3.04. The average Bonchev–Trinajstić information content (AvgIpc) is 2.27. The van der Waals surface area contributed by atoms with Crippen LogP contribution in [0.2, 0.25) is 0 Å². The summed E-state index contributed by atoms with van der Waals surface area (Å²) in [4.78, 5) is 0. The molecule has 84 valence electrons. The van der Waals surface area contributed by atoms with E-state index in [1.165, 1.54) is 5.56 Å². The van der Waals surface area contributed by atoms with Crippen LogP contribution in [0.4, 0.5) is 0 Å². The third-order valence-electron chi connectivity index (χ3n) is 2.05. The summed E-state index contributed by atoms with van der Waals surface area (Å²) in [5, 5.41) is 1.04. The molecular formula is C12H17BrO2. The highest BCUT2D eigenvalue weighted by Gasteiger charge is 1.96. The van der Waals surface area contributed by atoms with Crippen molar-refractivity contribution in [2.24, 2.45) is 0 Å². The van der Waals surface area contributed by atoms with E-state index in [4.69, 9.17) is 9.47 Å². The van der Waals surface area contributed by atoms with Crippen LogP contribution in [-0.2, 0) is 11.2 Å². The minimum atomic E-state index is 0.610. The van der Waals surface area contributed by atoms with Gasteiger partial charge in [-0.25, -0.2) is 0 Å². The first-order valence-corrected chi connectivity index (χ1v) is 6.25. The van der Waals surface area contributed by atoms with Crippen molar-refractivity contribution in [2.75, 3.05) is 25.7 Å². The van der Waals surface area contributed by atoms with Crippen molar-refractivity contribution in [3.63, 3.8) is 0 Å². The number of rotatable bonds is 7. The van der Waals surface area contributed by atoms with Crippen molar-refractivity contribution in [3.05, 3.63) is 29.8 Å². The Morgan fingerprint density at radius 3 is 2.87 bits per heavy atom. The lowest BCUT2D eigenvalue weighted by atomic mass is 10.1. The maximum absolute atomic E-state index is 5.53. The van der Waals surface area contributed by atoms with E-state index < -0.39 is 0 Å². The Kier molecular flexibility index (Phi) is 6.44. The Labute approximate surface area is 99.7 Å². The summed E-state index contributed by atoms with van der Waals surface area (Å²) < 4.78 is 10.5. The highest BCUT2D eigenvalue weighted by atomic mass is 79.9. The van der Waals surface area contributed by atoms with E-state index in [1.54, 1.807) is 7.11 Å². The van der Waals surface area contributed by atoms with Gasteiger partial charge >= 0.3 is 0 Å². The van der Waals surface area contributed by atoms with E-state index in [0.29, 0.717) is 13.2 Å². The summed E-state index contributed by atoms with van der Waals surface area (Å²) in [6.45, 7) is 1.24. The molecule has 0 unspecified atom stereocenters. The van der Waals surface area contributed by atoms with Gasteiger partial charge in [-0.15, -0.1) is 0 Å². The second-order valence-electron chi connectivity index (χ2n) is 3.28. The molecule has 3 heteroatoms. The molecule has 1 aromatic carbocycles. The molecule has 0 saturated carbocycles. The average molecular weight is 273 g/mol. The minimum absolute atomic E-state index is 0.610. The fourth-order valence-corrected chi connectivity index (χ4v) is 1.58. The van der Waals surface area contributed by atoms with Crippen molar-refractivity contribution in [3.8, 4) is 5.75 Å². The molecule has 0 aliphatic rings. The van der Waals surface area contributed by atoms with Gasteiger partial charge in [-0.3, -0.25) is 0 Å². The highest BCUT2D eigenvalue weighted by Crippen LogP contribution is 2.14. The Morgan fingerprint density at radius 2 is 2.13 bits per heavy atom. The zero-order valence-electron chi connectivity index (χ0n) is 9.04. The van der Waals surface area contributed by atoms with Crippen molar-refractivity contribution >= 4 is 15.9 Å². The van der Waals surface area contributed by atoms with E-state index in [9.17, 15) is 0 Å². The maximum atomic E-state index is 5.53. The van der Waals surface area contributed by atoms with Gasteiger partial charge in [0.05, 0.1) is 6.61 Å². The normalized spacial score (nSPS) is 10.3. The molecule has 1 rings (SSSR count).